The molecule has 1 heterocycles. The molecule has 1 aromatic rings. The van der Waals surface area contributed by atoms with E-state index in [0.29, 0.717) is 0 Å². The van der Waals surface area contributed by atoms with E-state index >= 15 is 0 Å². The first kappa shape index (κ1) is 13.9. The lowest BCUT2D eigenvalue weighted by atomic mass is 9.93. The first-order valence-electron chi connectivity index (χ1n) is 8.38. The minimum atomic E-state index is 0.758. The SMILES string of the molecule is C1=C(CN2CCCCC2Cc2ccccc2)CCCC1. The molecule has 0 aromatic heterocycles. The second-order valence-corrected chi connectivity index (χ2v) is 6.42. The molecule has 0 saturated carbocycles. The lowest BCUT2D eigenvalue weighted by Gasteiger charge is -2.37. The zero-order valence-corrected chi connectivity index (χ0v) is 12.6. The summed E-state index contributed by atoms with van der Waals surface area (Å²) in [5.41, 5.74) is 3.21. The summed E-state index contributed by atoms with van der Waals surface area (Å²) >= 11 is 0. The molecular weight excluding hydrogens is 242 g/mol. The monoisotopic (exact) mass is 269 g/mol. The third-order valence-corrected chi connectivity index (χ3v) is 4.85. The summed E-state index contributed by atoms with van der Waals surface area (Å²) in [6.07, 6.45) is 13.4. The Labute approximate surface area is 123 Å². The molecule has 1 fully saturated rings. The van der Waals surface area contributed by atoms with Crippen LogP contribution in [-0.2, 0) is 6.42 Å². The van der Waals surface area contributed by atoms with Crippen molar-refractivity contribution in [1.82, 2.24) is 4.90 Å². The molecule has 0 N–H and O–H groups in total. The van der Waals surface area contributed by atoms with Crippen molar-refractivity contribution in [1.29, 1.82) is 0 Å². The number of rotatable bonds is 4. The van der Waals surface area contributed by atoms with E-state index in [2.05, 4.69) is 41.3 Å². The third-order valence-electron chi connectivity index (χ3n) is 4.85. The van der Waals surface area contributed by atoms with Gasteiger partial charge < -0.3 is 0 Å². The standard InChI is InChI=1S/C19H27N/c1-3-9-17(10-4-1)15-19-13-7-8-14-20(19)16-18-11-5-2-6-12-18/h1,3-4,9-11,19H,2,5-8,12-16H2. The Morgan fingerprint density at radius 2 is 1.90 bits per heavy atom. The van der Waals surface area contributed by atoms with Crippen molar-refractivity contribution in [2.24, 2.45) is 0 Å². The van der Waals surface area contributed by atoms with Gasteiger partial charge in [0.25, 0.3) is 0 Å². The van der Waals surface area contributed by atoms with Gasteiger partial charge in [-0.1, -0.05) is 48.4 Å². The summed E-state index contributed by atoms with van der Waals surface area (Å²) in [6.45, 7) is 2.53. The normalized spacial score (nSPS) is 24.4. The maximum absolute atomic E-state index is 2.76. The van der Waals surface area contributed by atoms with Crippen LogP contribution in [0, 0.1) is 0 Å². The lowest BCUT2D eigenvalue weighted by molar-refractivity contribution is 0.158. The molecule has 0 spiro atoms. The molecule has 3 rings (SSSR count). The van der Waals surface area contributed by atoms with Crippen LogP contribution in [-0.4, -0.2) is 24.0 Å². The fourth-order valence-corrected chi connectivity index (χ4v) is 3.69. The first-order valence-corrected chi connectivity index (χ1v) is 8.38. The van der Waals surface area contributed by atoms with Gasteiger partial charge in [0.2, 0.25) is 0 Å². The van der Waals surface area contributed by atoms with Crippen molar-refractivity contribution in [3.8, 4) is 0 Å². The van der Waals surface area contributed by atoms with Gasteiger partial charge in [0.15, 0.2) is 0 Å². The van der Waals surface area contributed by atoms with Gasteiger partial charge in [0.1, 0.15) is 0 Å². The molecular formula is C19H27N. The van der Waals surface area contributed by atoms with E-state index < -0.39 is 0 Å². The van der Waals surface area contributed by atoms with Crippen LogP contribution >= 0.6 is 0 Å². The molecule has 1 saturated heterocycles. The number of allylic oxidation sites excluding steroid dienone is 1. The molecule has 1 nitrogen and oxygen atoms in total. The van der Waals surface area contributed by atoms with E-state index in [1.165, 1.54) is 70.0 Å². The molecule has 1 heteroatoms. The van der Waals surface area contributed by atoms with Crippen molar-refractivity contribution in [2.75, 3.05) is 13.1 Å². The number of benzene rings is 1. The second kappa shape index (κ2) is 7.08. The summed E-state index contributed by atoms with van der Waals surface area (Å²) in [5.74, 6) is 0. The van der Waals surface area contributed by atoms with Gasteiger partial charge in [-0.2, -0.15) is 0 Å². The van der Waals surface area contributed by atoms with Crippen LogP contribution in [0.1, 0.15) is 50.5 Å². The summed E-state index contributed by atoms with van der Waals surface area (Å²) in [6, 6.07) is 11.8. The van der Waals surface area contributed by atoms with Crippen LogP contribution < -0.4 is 0 Å². The summed E-state index contributed by atoms with van der Waals surface area (Å²) < 4.78 is 0. The van der Waals surface area contributed by atoms with Crippen molar-refractivity contribution >= 4 is 0 Å². The Bertz CT molecular complexity index is 434. The molecule has 1 aliphatic heterocycles. The van der Waals surface area contributed by atoms with Gasteiger partial charge in [-0.25, -0.2) is 0 Å². The van der Waals surface area contributed by atoms with Crippen molar-refractivity contribution in [3.05, 3.63) is 47.5 Å². The maximum Gasteiger partial charge on any atom is 0.0195 e. The van der Waals surface area contributed by atoms with Gasteiger partial charge in [0.05, 0.1) is 0 Å². The number of hydrogen-bond donors (Lipinski definition) is 0. The van der Waals surface area contributed by atoms with Gasteiger partial charge in [-0.3, -0.25) is 4.90 Å². The number of piperidine rings is 1. The molecule has 1 aromatic carbocycles. The average molecular weight is 269 g/mol. The Morgan fingerprint density at radius 1 is 1.00 bits per heavy atom. The predicted octanol–water partition coefficient (Wildman–Crippen LogP) is 4.58. The van der Waals surface area contributed by atoms with Crippen molar-refractivity contribution in [2.45, 2.75) is 57.4 Å². The first-order chi connectivity index (χ1) is 9.92. The van der Waals surface area contributed by atoms with Crippen LogP contribution in [0.5, 0.6) is 0 Å². The van der Waals surface area contributed by atoms with Crippen molar-refractivity contribution < 1.29 is 0 Å². The Morgan fingerprint density at radius 3 is 2.70 bits per heavy atom. The lowest BCUT2D eigenvalue weighted by Crippen LogP contribution is -2.42. The largest absolute Gasteiger partial charge is 0.296 e. The molecule has 1 atom stereocenters. The second-order valence-electron chi connectivity index (χ2n) is 6.42. The third kappa shape index (κ3) is 3.73. The fourth-order valence-electron chi connectivity index (χ4n) is 3.69. The van der Waals surface area contributed by atoms with Crippen molar-refractivity contribution in [3.63, 3.8) is 0 Å². The molecule has 20 heavy (non-hydrogen) atoms. The van der Waals surface area contributed by atoms with Gasteiger partial charge in [0, 0.05) is 12.6 Å². The van der Waals surface area contributed by atoms with Crippen LogP contribution in [0.15, 0.2) is 42.0 Å². The van der Waals surface area contributed by atoms with Crippen LogP contribution in [0.3, 0.4) is 0 Å². The summed E-state index contributed by atoms with van der Waals surface area (Å²) in [5, 5.41) is 0. The van der Waals surface area contributed by atoms with Crippen LogP contribution in [0.4, 0.5) is 0 Å². The highest BCUT2D eigenvalue weighted by atomic mass is 15.2. The zero-order valence-electron chi connectivity index (χ0n) is 12.6. The minimum absolute atomic E-state index is 0.758. The van der Waals surface area contributed by atoms with E-state index in [4.69, 9.17) is 0 Å². The molecule has 0 bridgehead atoms. The van der Waals surface area contributed by atoms with Gasteiger partial charge >= 0.3 is 0 Å². The van der Waals surface area contributed by atoms with Crippen LogP contribution in [0.25, 0.3) is 0 Å². The Balaban J connectivity index is 1.63. The molecule has 2 aliphatic rings. The smallest absolute Gasteiger partial charge is 0.0195 e. The van der Waals surface area contributed by atoms with E-state index in [-0.39, 0.29) is 0 Å². The van der Waals surface area contributed by atoms with Crippen LogP contribution in [0.2, 0.25) is 0 Å². The number of nitrogens with zero attached hydrogens (tertiary/aromatic N) is 1. The van der Waals surface area contributed by atoms with E-state index in [0.717, 1.165) is 6.04 Å². The molecule has 0 radical (unpaired) electrons. The number of likely N-dealkylation sites (tertiary alicyclic amines) is 1. The highest BCUT2D eigenvalue weighted by Crippen LogP contribution is 2.25. The fraction of sp³-hybridized carbons (Fsp3) is 0.579. The molecule has 108 valence electrons. The number of hydrogen-bond acceptors (Lipinski definition) is 1. The van der Waals surface area contributed by atoms with E-state index in [9.17, 15) is 0 Å². The van der Waals surface area contributed by atoms with E-state index in [1.807, 2.05) is 0 Å². The van der Waals surface area contributed by atoms with E-state index in [1.54, 1.807) is 5.57 Å². The Kier molecular flexibility index (Phi) is 4.91. The quantitative estimate of drug-likeness (QED) is 0.723. The summed E-state index contributed by atoms with van der Waals surface area (Å²) in [4.78, 5) is 2.76. The minimum Gasteiger partial charge on any atom is -0.296 e. The average Bonchev–Trinajstić information content (AvgIpc) is 2.51. The maximum atomic E-state index is 2.76. The topological polar surface area (TPSA) is 3.24 Å². The van der Waals surface area contributed by atoms with Gasteiger partial charge in [-0.05, 0) is 57.1 Å². The Hall–Kier alpha value is -1.08. The highest BCUT2D eigenvalue weighted by Gasteiger charge is 2.23. The predicted molar refractivity (Wildman–Crippen MR) is 85.9 cm³/mol. The zero-order chi connectivity index (χ0) is 13.6. The molecule has 1 unspecified atom stereocenters. The summed E-state index contributed by atoms with van der Waals surface area (Å²) in [7, 11) is 0. The molecule has 0 amide bonds. The highest BCUT2D eigenvalue weighted by molar-refractivity contribution is 5.16. The molecule has 1 aliphatic carbocycles. The van der Waals surface area contributed by atoms with Gasteiger partial charge in [-0.15, -0.1) is 0 Å².